The summed E-state index contributed by atoms with van der Waals surface area (Å²) in [6.07, 6.45) is 0. The summed E-state index contributed by atoms with van der Waals surface area (Å²) >= 11 is 1.68. The summed E-state index contributed by atoms with van der Waals surface area (Å²) in [7, 11) is -3.73. The second kappa shape index (κ2) is 5.43. The fourth-order valence-electron chi connectivity index (χ4n) is 1.83. The highest BCUT2D eigenvalue weighted by Gasteiger charge is 2.13. The molecule has 108 valence electrons. The molecule has 0 spiro atoms. The maximum atomic E-state index is 11.4. The Morgan fingerprint density at radius 3 is 2.50 bits per heavy atom. The van der Waals surface area contributed by atoms with E-state index >= 15 is 0 Å². The molecule has 20 heavy (non-hydrogen) atoms. The zero-order chi connectivity index (χ0) is 14.9. The molecule has 0 aliphatic heterocycles. The summed E-state index contributed by atoms with van der Waals surface area (Å²) in [6.45, 7) is 4.03. The predicted molar refractivity (Wildman–Crippen MR) is 83.3 cm³/mol. The van der Waals surface area contributed by atoms with Crippen molar-refractivity contribution < 1.29 is 8.42 Å². The van der Waals surface area contributed by atoms with Gasteiger partial charge in [0.1, 0.15) is 0 Å². The average molecular weight is 311 g/mol. The van der Waals surface area contributed by atoms with Gasteiger partial charge in [0.05, 0.1) is 22.3 Å². The van der Waals surface area contributed by atoms with E-state index in [0.29, 0.717) is 11.4 Å². The van der Waals surface area contributed by atoms with Crippen LogP contribution in [0.5, 0.6) is 0 Å². The van der Waals surface area contributed by atoms with E-state index in [1.165, 1.54) is 23.1 Å². The Hall–Kier alpha value is -1.57. The smallest absolute Gasteiger partial charge is 0.238 e. The zero-order valence-electron chi connectivity index (χ0n) is 11.3. The van der Waals surface area contributed by atoms with Gasteiger partial charge in [-0.2, -0.15) is 0 Å². The van der Waals surface area contributed by atoms with Crippen LogP contribution in [0.3, 0.4) is 0 Å². The summed E-state index contributed by atoms with van der Waals surface area (Å²) < 4.78 is 22.7. The first-order chi connectivity index (χ1) is 9.27. The monoisotopic (exact) mass is 311 g/mol. The van der Waals surface area contributed by atoms with Crippen LogP contribution in [-0.2, 0) is 10.0 Å². The number of thiophene rings is 1. The molecule has 1 aromatic heterocycles. The molecule has 0 saturated carbocycles. The highest BCUT2D eigenvalue weighted by Crippen LogP contribution is 2.29. The highest BCUT2D eigenvalue weighted by molar-refractivity contribution is 7.89. The van der Waals surface area contributed by atoms with Crippen LogP contribution in [0.2, 0.25) is 0 Å². The number of aryl methyl sites for hydroxylation is 1. The number of primary sulfonamides is 1. The highest BCUT2D eigenvalue weighted by atomic mass is 32.2. The quantitative estimate of drug-likeness (QED) is 0.755. The second-order valence-electron chi connectivity index (χ2n) is 4.61. The minimum absolute atomic E-state index is 0.0340. The summed E-state index contributed by atoms with van der Waals surface area (Å²) in [4.78, 5) is 2.42. The molecule has 0 aliphatic carbocycles. The average Bonchev–Trinajstić information content (AvgIpc) is 2.77. The van der Waals surface area contributed by atoms with Crippen LogP contribution in [0.1, 0.15) is 22.7 Å². The Balaban J connectivity index is 2.29. The number of anilines is 2. The number of benzene rings is 1. The van der Waals surface area contributed by atoms with Gasteiger partial charge in [-0.25, -0.2) is 13.6 Å². The van der Waals surface area contributed by atoms with Gasteiger partial charge < -0.3 is 11.1 Å². The first-order valence-electron chi connectivity index (χ1n) is 6.02. The third-order valence-corrected chi connectivity index (χ3v) is 5.01. The van der Waals surface area contributed by atoms with Crippen LogP contribution >= 0.6 is 11.3 Å². The fourth-order valence-corrected chi connectivity index (χ4v) is 3.25. The molecule has 5 N–H and O–H groups in total. The Morgan fingerprint density at radius 2 is 1.95 bits per heavy atom. The Bertz CT molecular complexity index is 723. The standard InChI is InChI=1S/C13H17N3O2S2/c1-8-3-6-13(19-8)9(2)16-12-7-10(20(15,17)18)4-5-11(12)14/h3-7,9,16H,14H2,1-2H3,(H2,15,17,18). The molecule has 0 bridgehead atoms. The zero-order valence-corrected chi connectivity index (χ0v) is 12.9. The normalized spacial score (nSPS) is 13.2. The minimum atomic E-state index is -3.73. The van der Waals surface area contributed by atoms with Gasteiger partial charge >= 0.3 is 0 Å². The van der Waals surface area contributed by atoms with Crippen LogP contribution < -0.4 is 16.2 Å². The summed E-state index contributed by atoms with van der Waals surface area (Å²) in [5.41, 5.74) is 6.92. The van der Waals surface area contributed by atoms with E-state index in [0.717, 1.165) is 4.88 Å². The van der Waals surface area contributed by atoms with Crippen molar-refractivity contribution in [3.8, 4) is 0 Å². The van der Waals surface area contributed by atoms with Gasteiger partial charge in [-0.3, -0.25) is 0 Å². The number of nitrogens with one attached hydrogen (secondary N) is 1. The van der Waals surface area contributed by atoms with Gasteiger partial charge in [-0.05, 0) is 44.2 Å². The number of rotatable bonds is 4. The Kier molecular flexibility index (Phi) is 4.03. The lowest BCUT2D eigenvalue weighted by Crippen LogP contribution is -2.13. The molecule has 2 rings (SSSR count). The molecule has 1 atom stereocenters. The van der Waals surface area contributed by atoms with Gasteiger partial charge in [-0.1, -0.05) is 0 Å². The molecular formula is C13H17N3O2S2. The van der Waals surface area contributed by atoms with Gasteiger partial charge in [0.15, 0.2) is 0 Å². The Labute approximate surface area is 122 Å². The van der Waals surface area contributed by atoms with Crippen LogP contribution in [0, 0.1) is 6.92 Å². The van der Waals surface area contributed by atoms with Crippen molar-refractivity contribution in [3.63, 3.8) is 0 Å². The van der Waals surface area contributed by atoms with Crippen molar-refractivity contribution in [1.29, 1.82) is 0 Å². The SMILES string of the molecule is Cc1ccc(C(C)Nc2cc(S(N)(=O)=O)ccc2N)s1. The van der Waals surface area contributed by atoms with E-state index < -0.39 is 10.0 Å². The first-order valence-corrected chi connectivity index (χ1v) is 8.39. The van der Waals surface area contributed by atoms with Gasteiger partial charge in [-0.15, -0.1) is 11.3 Å². The van der Waals surface area contributed by atoms with Crippen LogP contribution in [0.25, 0.3) is 0 Å². The van der Waals surface area contributed by atoms with E-state index in [-0.39, 0.29) is 10.9 Å². The lowest BCUT2D eigenvalue weighted by atomic mass is 10.2. The molecule has 5 nitrogen and oxygen atoms in total. The second-order valence-corrected chi connectivity index (χ2v) is 7.49. The Morgan fingerprint density at radius 1 is 1.25 bits per heavy atom. The van der Waals surface area contributed by atoms with Crippen LogP contribution in [-0.4, -0.2) is 8.42 Å². The molecule has 0 aliphatic rings. The van der Waals surface area contributed by atoms with Crippen LogP contribution in [0.15, 0.2) is 35.2 Å². The first kappa shape index (κ1) is 14.8. The van der Waals surface area contributed by atoms with Crippen molar-refractivity contribution >= 4 is 32.7 Å². The maximum absolute atomic E-state index is 11.4. The number of hydrogen-bond donors (Lipinski definition) is 3. The molecule has 1 unspecified atom stereocenters. The van der Waals surface area contributed by atoms with Crippen molar-refractivity contribution in [2.75, 3.05) is 11.1 Å². The lowest BCUT2D eigenvalue weighted by molar-refractivity contribution is 0.598. The number of hydrogen-bond acceptors (Lipinski definition) is 5. The van der Waals surface area contributed by atoms with Crippen molar-refractivity contribution in [2.45, 2.75) is 24.8 Å². The van der Waals surface area contributed by atoms with Crippen molar-refractivity contribution in [3.05, 3.63) is 40.1 Å². The van der Waals surface area contributed by atoms with Crippen molar-refractivity contribution in [2.24, 2.45) is 5.14 Å². The van der Waals surface area contributed by atoms with E-state index in [4.69, 9.17) is 10.9 Å². The molecule has 7 heteroatoms. The molecule has 2 aromatic rings. The molecular weight excluding hydrogens is 294 g/mol. The summed E-state index contributed by atoms with van der Waals surface area (Å²) in [5, 5.41) is 8.34. The molecule has 0 saturated heterocycles. The summed E-state index contributed by atoms with van der Waals surface area (Å²) in [6, 6.07) is 8.51. The molecule has 0 amide bonds. The maximum Gasteiger partial charge on any atom is 0.238 e. The lowest BCUT2D eigenvalue weighted by Gasteiger charge is -2.16. The number of sulfonamides is 1. The van der Waals surface area contributed by atoms with Gasteiger partial charge in [0.2, 0.25) is 10.0 Å². The van der Waals surface area contributed by atoms with E-state index in [1.54, 1.807) is 11.3 Å². The fraction of sp³-hybridized carbons (Fsp3) is 0.231. The van der Waals surface area contributed by atoms with E-state index in [2.05, 4.69) is 5.32 Å². The largest absolute Gasteiger partial charge is 0.397 e. The van der Waals surface area contributed by atoms with Gasteiger partial charge in [0, 0.05) is 9.75 Å². The topological polar surface area (TPSA) is 98.2 Å². The van der Waals surface area contributed by atoms with E-state index in [1.807, 2.05) is 26.0 Å². The predicted octanol–water partition coefficient (Wildman–Crippen LogP) is 2.46. The van der Waals surface area contributed by atoms with Crippen LogP contribution in [0.4, 0.5) is 11.4 Å². The van der Waals surface area contributed by atoms with Crippen molar-refractivity contribution in [1.82, 2.24) is 0 Å². The molecule has 1 heterocycles. The third-order valence-electron chi connectivity index (χ3n) is 2.91. The number of nitrogen functional groups attached to an aromatic ring is 1. The van der Waals surface area contributed by atoms with Gasteiger partial charge in [0.25, 0.3) is 0 Å². The molecule has 0 radical (unpaired) electrons. The minimum Gasteiger partial charge on any atom is -0.397 e. The van der Waals surface area contributed by atoms with E-state index in [9.17, 15) is 8.42 Å². The number of nitrogens with two attached hydrogens (primary N) is 2. The molecule has 1 aromatic carbocycles. The molecule has 0 fully saturated rings. The third kappa shape index (κ3) is 3.30. The summed E-state index contributed by atoms with van der Waals surface area (Å²) in [5.74, 6) is 0.